The van der Waals surface area contributed by atoms with E-state index in [0.717, 1.165) is 0 Å². The van der Waals surface area contributed by atoms with E-state index in [1.165, 1.54) is 0 Å². The van der Waals surface area contributed by atoms with Gasteiger partial charge in [0.05, 0.1) is 18.8 Å². The Bertz CT molecular complexity index is 864. The summed E-state index contributed by atoms with van der Waals surface area (Å²) in [6.45, 7) is 3.47. The molecule has 0 spiro atoms. The molecule has 0 bridgehead atoms. The highest BCUT2D eigenvalue weighted by Crippen LogP contribution is 2.35. The first-order valence-corrected chi connectivity index (χ1v) is 12.4. The molecule has 3 aliphatic rings. The second-order valence-electron chi connectivity index (χ2n) is 10.1. The largest absolute Gasteiger partial charge is 0.465 e. The minimum atomic E-state index is -1.31. The van der Waals surface area contributed by atoms with Crippen LogP contribution in [0.15, 0.2) is 21.8 Å². The molecule has 2 heterocycles. The van der Waals surface area contributed by atoms with E-state index in [9.17, 15) is 15.3 Å². The summed E-state index contributed by atoms with van der Waals surface area (Å²) in [7, 11) is 0. The number of hydrogen-bond acceptors (Lipinski definition) is 11. The van der Waals surface area contributed by atoms with Gasteiger partial charge in [-0.05, 0) is 32.3 Å². The van der Waals surface area contributed by atoms with Crippen LogP contribution in [0.2, 0.25) is 0 Å². The molecule has 1 aliphatic carbocycles. The topological polar surface area (TPSA) is 278 Å². The van der Waals surface area contributed by atoms with Crippen molar-refractivity contribution in [2.45, 2.75) is 93.8 Å². The van der Waals surface area contributed by atoms with Gasteiger partial charge in [0.2, 0.25) is 6.29 Å². The quantitative estimate of drug-likeness (QED) is 0.108. The normalized spacial score (nSPS) is 42.3. The van der Waals surface area contributed by atoms with E-state index in [4.69, 9.17) is 53.3 Å². The van der Waals surface area contributed by atoms with Crippen molar-refractivity contribution >= 4 is 11.9 Å². The number of aliphatic hydroxyl groups excluding tert-OH is 2. The number of rotatable bonds is 8. The van der Waals surface area contributed by atoms with E-state index in [1.54, 1.807) is 13.0 Å². The number of nitrogens with two attached hydrogens (primary N) is 6. The van der Waals surface area contributed by atoms with Gasteiger partial charge in [0, 0.05) is 18.0 Å². The van der Waals surface area contributed by atoms with Crippen molar-refractivity contribution < 1.29 is 34.3 Å². The number of aliphatic imine (C=N–C) groups is 2. The molecule has 37 heavy (non-hydrogen) atoms. The molecule has 0 aromatic heterocycles. The fourth-order valence-corrected chi connectivity index (χ4v) is 5.10. The van der Waals surface area contributed by atoms with Gasteiger partial charge < -0.3 is 68.7 Å². The van der Waals surface area contributed by atoms with Crippen LogP contribution in [0.4, 0.5) is 0 Å². The zero-order valence-electron chi connectivity index (χ0n) is 21.2. The molecule has 15 heteroatoms. The van der Waals surface area contributed by atoms with E-state index < -0.39 is 66.6 Å². The van der Waals surface area contributed by atoms with E-state index >= 15 is 0 Å². The van der Waals surface area contributed by atoms with Crippen LogP contribution in [-0.4, -0.2) is 101 Å². The fraction of sp³-hybridized carbons (Fsp3) is 0.818. The smallest absolute Gasteiger partial charge is 0.222 e. The highest BCUT2D eigenvalue weighted by atomic mass is 16.7. The van der Waals surface area contributed by atoms with Gasteiger partial charge in [-0.1, -0.05) is 6.92 Å². The molecular formula is C22H42N8O7. The Balaban J connectivity index is 1.76. The van der Waals surface area contributed by atoms with Crippen molar-refractivity contribution in [3.05, 3.63) is 11.8 Å². The highest BCUT2D eigenvalue weighted by Gasteiger charge is 2.50. The zero-order chi connectivity index (χ0) is 27.5. The van der Waals surface area contributed by atoms with Gasteiger partial charge in [0.15, 0.2) is 18.2 Å². The van der Waals surface area contributed by atoms with Crippen LogP contribution in [0.5, 0.6) is 0 Å². The Morgan fingerprint density at radius 2 is 1.68 bits per heavy atom. The van der Waals surface area contributed by atoms with Gasteiger partial charge in [-0.2, -0.15) is 0 Å². The van der Waals surface area contributed by atoms with Crippen molar-refractivity contribution in [2.24, 2.45) is 50.3 Å². The average molecular weight is 531 g/mol. The van der Waals surface area contributed by atoms with Crippen molar-refractivity contribution in [3.63, 3.8) is 0 Å². The molecule has 212 valence electrons. The van der Waals surface area contributed by atoms with Crippen LogP contribution in [0.3, 0.4) is 0 Å². The lowest BCUT2D eigenvalue weighted by Crippen LogP contribution is -2.66. The molecule has 1 saturated carbocycles. The first-order valence-electron chi connectivity index (χ1n) is 12.4. The van der Waals surface area contributed by atoms with E-state index in [0.29, 0.717) is 18.6 Å². The summed E-state index contributed by atoms with van der Waals surface area (Å²) in [5.74, 6) is -0.333. The van der Waals surface area contributed by atoms with E-state index in [1.807, 2.05) is 6.92 Å². The van der Waals surface area contributed by atoms with Crippen LogP contribution in [0.1, 0.15) is 33.1 Å². The second kappa shape index (κ2) is 12.1. The molecule has 0 amide bonds. The summed E-state index contributed by atoms with van der Waals surface area (Å²) >= 11 is 0. The summed E-state index contributed by atoms with van der Waals surface area (Å²) in [5.41, 5.74) is 33.4. The molecule has 5 unspecified atom stereocenters. The number of guanidine groups is 2. The van der Waals surface area contributed by atoms with Gasteiger partial charge in [0.25, 0.3) is 0 Å². The van der Waals surface area contributed by atoms with Crippen LogP contribution in [-0.2, 0) is 18.9 Å². The zero-order valence-corrected chi connectivity index (χ0v) is 21.2. The van der Waals surface area contributed by atoms with Gasteiger partial charge in [-0.25, -0.2) is 9.98 Å². The summed E-state index contributed by atoms with van der Waals surface area (Å²) in [6.07, 6.45) is -3.74. The van der Waals surface area contributed by atoms with Crippen molar-refractivity contribution in [3.8, 4) is 0 Å². The van der Waals surface area contributed by atoms with Gasteiger partial charge in [0.1, 0.15) is 36.2 Å². The lowest BCUT2D eigenvalue weighted by atomic mass is 9.80. The van der Waals surface area contributed by atoms with Crippen LogP contribution < -0.4 is 34.4 Å². The first kappa shape index (κ1) is 29.3. The lowest BCUT2D eigenvalue weighted by molar-refractivity contribution is -0.312. The Labute approximate surface area is 215 Å². The van der Waals surface area contributed by atoms with Gasteiger partial charge in [-0.3, -0.25) is 0 Å². The molecule has 15 N–H and O–H groups in total. The van der Waals surface area contributed by atoms with Crippen LogP contribution in [0.25, 0.3) is 0 Å². The first-order chi connectivity index (χ1) is 17.3. The summed E-state index contributed by atoms with van der Waals surface area (Å²) in [6, 6.07) is -1.98. The number of ether oxygens (including phenoxy) is 4. The second-order valence-corrected chi connectivity index (χ2v) is 10.1. The summed E-state index contributed by atoms with van der Waals surface area (Å²) in [5, 5.41) is 32.6. The van der Waals surface area contributed by atoms with Crippen LogP contribution in [0, 0.1) is 5.92 Å². The molecule has 3 rings (SSSR count). The Kier molecular flexibility index (Phi) is 9.57. The molecule has 1 saturated heterocycles. The van der Waals surface area contributed by atoms with Gasteiger partial charge in [-0.15, -0.1) is 0 Å². The third-order valence-electron chi connectivity index (χ3n) is 7.01. The van der Waals surface area contributed by atoms with Crippen molar-refractivity contribution in [1.82, 2.24) is 0 Å². The average Bonchev–Trinajstić information content (AvgIpc) is 2.80. The summed E-state index contributed by atoms with van der Waals surface area (Å²) < 4.78 is 23.6. The molecule has 0 aromatic carbocycles. The lowest BCUT2D eigenvalue weighted by Gasteiger charge is -2.48. The molecule has 15 nitrogen and oxygen atoms in total. The molecule has 11 atom stereocenters. The maximum Gasteiger partial charge on any atom is 0.222 e. The molecule has 0 aromatic rings. The van der Waals surface area contributed by atoms with Crippen molar-refractivity contribution in [1.29, 1.82) is 0 Å². The third kappa shape index (κ3) is 7.00. The third-order valence-corrected chi connectivity index (χ3v) is 7.01. The fourth-order valence-electron chi connectivity index (χ4n) is 5.10. The maximum atomic E-state index is 11.2. The Morgan fingerprint density at radius 3 is 2.24 bits per heavy atom. The number of aliphatic hydroxyl groups is 3. The predicted octanol–water partition coefficient (Wildman–Crippen LogP) is -3.78. The minimum absolute atomic E-state index is 0.0499. The number of hydrogen-bond donors (Lipinski definition) is 9. The Morgan fingerprint density at radius 1 is 1.05 bits per heavy atom. The van der Waals surface area contributed by atoms with E-state index in [2.05, 4.69) is 9.98 Å². The molecule has 2 fully saturated rings. The molecular weight excluding hydrogens is 488 g/mol. The summed E-state index contributed by atoms with van der Waals surface area (Å²) in [4.78, 5) is 8.10. The SMILES string of the molecule is CC[C@@H]1C(O)C(O[C@H]2C(N)CC(N)[C@@H](O[C@H]3OC(CN=C(N)N)=CC[C@H]3N=C(N)N)C2O)OC[C@]1(C)O. The highest BCUT2D eigenvalue weighted by molar-refractivity contribution is 5.76. The standard InChI is InChI=1S/C22H42N8O7/c1-3-10-14(31)19(34-8-22(10,2)33)37-17-12(24)6-11(23)16(15(17)32)36-18-13(30-21(27)28)5-4-9(35-18)7-29-20(25)26/h4,10-19,31-33H,3,5-8,23-24H2,1-2H3,(H4,25,26,29)(H4,27,28,30)/t10-,11?,12?,13-,14?,15?,16-,17+,18-,19?,22+/m1/s1. The predicted molar refractivity (Wildman–Crippen MR) is 134 cm³/mol. The maximum absolute atomic E-state index is 11.2. The minimum Gasteiger partial charge on any atom is -0.465 e. The van der Waals surface area contributed by atoms with Crippen LogP contribution >= 0.6 is 0 Å². The van der Waals surface area contributed by atoms with E-state index in [-0.39, 0.29) is 31.5 Å². The molecule has 2 aliphatic heterocycles. The Hall–Kier alpha value is -2.24. The van der Waals surface area contributed by atoms with Crippen molar-refractivity contribution in [2.75, 3.05) is 13.2 Å². The van der Waals surface area contributed by atoms with Gasteiger partial charge >= 0.3 is 0 Å². The monoisotopic (exact) mass is 530 g/mol. The number of nitrogens with zero attached hydrogens (tertiary/aromatic N) is 2. The molecule has 0 radical (unpaired) electrons.